The van der Waals surface area contributed by atoms with Gasteiger partial charge in [0.05, 0.1) is 6.54 Å². The van der Waals surface area contributed by atoms with Gasteiger partial charge in [-0.1, -0.05) is 6.07 Å². The second-order valence-electron chi connectivity index (χ2n) is 7.02. The van der Waals surface area contributed by atoms with Crippen LogP contribution < -0.4 is 20.1 Å². The number of nitrogens with one attached hydrogen (secondary N) is 2. The van der Waals surface area contributed by atoms with Crippen LogP contribution in [0.3, 0.4) is 0 Å². The number of guanidine groups is 1. The van der Waals surface area contributed by atoms with Gasteiger partial charge in [0.2, 0.25) is 6.79 Å². The van der Waals surface area contributed by atoms with Crippen LogP contribution >= 0.6 is 35.3 Å². The SMILES string of the molecule is CCNC(=NCCN1CCc2sccc2C1)NCCc1ccc2c(c1)OCO2.I. The predicted molar refractivity (Wildman–Crippen MR) is 129 cm³/mol. The molecule has 0 bridgehead atoms. The van der Waals surface area contributed by atoms with Crippen LogP contribution in [-0.4, -0.2) is 50.4 Å². The van der Waals surface area contributed by atoms with Crippen molar-refractivity contribution in [2.24, 2.45) is 4.99 Å². The third kappa shape index (κ3) is 5.99. The maximum Gasteiger partial charge on any atom is 0.231 e. The van der Waals surface area contributed by atoms with E-state index < -0.39 is 0 Å². The van der Waals surface area contributed by atoms with Crippen molar-refractivity contribution >= 4 is 41.3 Å². The molecule has 0 aliphatic carbocycles. The lowest BCUT2D eigenvalue weighted by molar-refractivity contribution is 0.174. The third-order valence-corrected chi connectivity index (χ3v) is 6.08. The second kappa shape index (κ2) is 11.0. The average Bonchev–Trinajstić information content (AvgIpc) is 3.36. The Hall–Kier alpha value is -1.52. The van der Waals surface area contributed by atoms with Gasteiger partial charge in [-0.3, -0.25) is 9.89 Å². The van der Waals surface area contributed by atoms with Gasteiger partial charge in [0.15, 0.2) is 17.5 Å². The fourth-order valence-corrected chi connectivity index (χ4v) is 4.45. The summed E-state index contributed by atoms with van der Waals surface area (Å²) in [5.41, 5.74) is 2.72. The lowest BCUT2D eigenvalue weighted by atomic mass is 10.1. The zero-order chi connectivity index (χ0) is 19.2. The largest absolute Gasteiger partial charge is 0.454 e. The molecule has 0 radical (unpaired) electrons. The monoisotopic (exact) mass is 528 g/mol. The Kier molecular flexibility index (Phi) is 8.43. The molecule has 4 rings (SSSR count). The Bertz CT molecular complexity index is 827. The molecule has 0 fully saturated rings. The smallest absolute Gasteiger partial charge is 0.231 e. The molecule has 0 spiro atoms. The van der Waals surface area contributed by atoms with Crippen molar-refractivity contribution in [1.82, 2.24) is 15.5 Å². The fourth-order valence-electron chi connectivity index (χ4n) is 3.56. The molecule has 29 heavy (non-hydrogen) atoms. The number of ether oxygens (including phenoxy) is 2. The summed E-state index contributed by atoms with van der Waals surface area (Å²) in [6, 6.07) is 8.39. The van der Waals surface area contributed by atoms with Gasteiger partial charge in [0, 0.05) is 37.6 Å². The summed E-state index contributed by atoms with van der Waals surface area (Å²) in [4.78, 5) is 8.80. The van der Waals surface area contributed by atoms with Crippen molar-refractivity contribution in [3.05, 3.63) is 45.6 Å². The first kappa shape index (κ1) is 22.2. The summed E-state index contributed by atoms with van der Waals surface area (Å²) >= 11 is 1.89. The lowest BCUT2D eigenvalue weighted by Crippen LogP contribution is -2.39. The van der Waals surface area contributed by atoms with E-state index in [0.29, 0.717) is 6.79 Å². The second-order valence-corrected chi connectivity index (χ2v) is 8.02. The Labute approximate surface area is 193 Å². The van der Waals surface area contributed by atoms with E-state index in [9.17, 15) is 0 Å². The number of fused-ring (bicyclic) bond motifs is 2. The minimum Gasteiger partial charge on any atom is -0.454 e. The molecule has 0 saturated carbocycles. The highest BCUT2D eigenvalue weighted by molar-refractivity contribution is 14.0. The van der Waals surface area contributed by atoms with E-state index in [0.717, 1.165) is 63.1 Å². The number of nitrogens with zero attached hydrogens (tertiary/aromatic N) is 2. The van der Waals surface area contributed by atoms with E-state index in [2.05, 4.69) is 46.0 Å². The number of halogens is 1. The maximum atomic E-state index is 5.45. The van der Waals surface area contributed by atoms with Crippen molar-refractivity contribution in [2.75, 3.05) is 39.5 Å². The Morgan fingerprint density at radius 1 is 1.21 bits per heavy atom. The van der Waals surface area contributed by atoms with Gasteiger partial charge in [-0.05, 0) is 54.5 Å². The number of hydrogen-bond acceptors (Lipinski definition) is 5. The summed E-state index contributed by atoms with van der Waals surface area (Å²) in [7, 11) is 0. The van der Waals surface area contributed by atoms with E-state index in [1.165, 1.54) is 17.5 Å². The summed E-state index contributed by atoms with van der Waals surface area (Å²) < 4.78 is 10.8. The molecule has 1 aromatic carbocycles. The van der Waals surface area contributed by atoms with Crippen molar-refractivity contribution in [1.29, 1.82) is 0 Å². The van der Waals surface area contributed by atoms with Crippen LogP contribution in [0.15, 0.2) is 34.6 Å². The van der Waals surface area contributed by atoms with Gasteiger partial charge < -0.3 is 20.1 Å². The minimum atomic E-state index is 0. The molecule has 0 saturated heterocycles. The Morgan fingerprint density at radius 2 is 2.10 bits per heavy atom. The van der Waals surface area contributed by atoms with Crippen LogP contribution in [0.25, 0.3) is 0 Å². The quantitative estimate of drug-likeness (QED) is 0.329. The Balaban J connectivity index is 0.00000240. The summed E-state index contributed by atoms with van der Waals surface area (Å²) in [6.45, 7) is 8.09. The van der Waals surface area contributed by atoms with Gasteiger partial charge in [0.25, 0.3) is 0 Å². The highest BCUT2D eigenvalue weighted by Crippen LogP contribution is 2.32. The minimum absolute atomic E-state index is 0. The van der Waals surface area contributed by atoms with E-state index in [1.54, 1.807) is 4.88 Å². The normalized spacial score (nSPS) is 15.6. The predicted octanol–water partition coefficient (Wildman–Crippen LogP) is 3.25. The molecule has 0 atom stereocenters. The van der Waals surface area contributed by atoms with Crippen molar-refractivity contribution in [3.63, 3.8) is 0 Å². The number of benzene rings is 1. The van der Waals surface area contributed by atoms with Crippen LogP contribution in [0, 0.1) is 0 Å². The van der Waals surface area contributed by atoms with E-state index >= 15 is 0 Å². The zero-order valence-electron chi connectivity index (χ0n) is 16.8. The highest BCUT2D eigenvalue weighted by atomic mass is 127. The average molecular weight is 528 g/mol. The molecule has 0 amide bonds. The van der Waals surface area contributed by atoms with Crippen LogP contribution in [0.4, 0.5) is 0 Å². The molecular formula is C21H29IN4O2S. The summed E-state index contributed by atoms with van der Waals surface area (Å²) in [6.07, 6.45) is 2.08. The van der Waals surface area contributed by atoms with Crippen molar-refractivity contribution in [3.8, 4) is 11.5 Å². The fraction of sp³-hybridized carbons (Fsp3) is 0.476. The van der Waals surface area contributed by atoms with Gasteiger partial charge in [-0.25, -0.2) is 0 Å². The molecule has 8 heteroatoms. The first-order valence-electron chi connectivity index (χ1n) is 10.00. The van der Waals surface area contributed by atoms with Crippen LogP contribution in [0.5, 0.6) is 11.5 Å². The van der Waals surface area contributed by atoms with Crippen molar-refractivity contribution < 1.29 is 9.47 Å². The molecule has 2 aromatic rings. The van der Waals surface area contributed by atoms with Gasteiger partial charge in [-0.2, -0.15) is 0 Å². The highest BCUT2D eigenvalue weighted by Gasteiger charge is 2.16. The molecule has 6 nitrogen and oxygen atoms in total. The topological polar surface area (TPSA) is 58.1 Å². The van der Waals surface area contributed by atoms with Crippen LogP contribution in [0.1, 0.15) is 22.9 Å². The molecule has 0 unspecified atom stereocenters. The number of rotatable bonds is 7. The number of hydrogen-bond donors (Lipinski definition) is 2. The van der Waals surface area contributed by atoms with E-state index in [-0.39, 0.29) is 24.0 Å². The molecular weight excluding hydrogens is 499 g/mol. The van der Waals surface area contributed by atoms with Gasteiger partial charge in [-0.15, -0.1) is 35.3 Å². The molecule has 2 aliphatic rings. The first-order valence-corrected chi connectivity index (χ1v) is 10.9. The molecule has 1 aromatic heterocycles. The molecule has 2 N–H and O–H groups in total. The zero-order valence-corrected chi connectivity index (χ0v) is 19.9. The van der Waals surface area contributed by atoms with Crippen molar-refractivity contribution in [2.45, 2.75) is 26.3 Å². The van der Waals surface area contributed by atoms with Crippen LogP contribution in [0.2, 0.25) is 0 Å². The standard InChI is InChI=1S/C21H28N4O2S.HI/c1-2-22-21(23-8-5-16-3-4-18-19(13-16)27-15-26-18)24-9-11-25-10-6-20-17(14-25)7-12-28-20;/h3-4,7,12-13H,2,5-6,8-11,14-15H2,1H3,(H2,22,23,24);1H. The third-order valence-electron chi connectivity index (χ3n) is 5.06. The Morgan fingerprint density at radius 3 is 3.00 bits per heavy atom. The summed E-state index contributed by atoms with van der Waals surface area (Å²) in [5.74, 6) is 2.56. The number of aliphatic imine (C=N–C) groups is 1. The molecule has 3 heterocycles. The first-order chi connectivity index (χ1) is 13.8. The van der Waals surface area contributed by atoms with E-state index in [1.807, 2.05) is 17.4 Å². The molecule has 2 aliphatic heterocycles. The van der Waals surface area contributed by atoms with E-state index in [4.69, 9.17) is 14.5 Å². The van der Waals surface area contributed by atoms with Crippen LogP contribution in [-0.2, 0) is 19.4 Å². The lowest BCUT2D eigenvalue weighted by Gasteiger charge is -2.26. The van der Waals surface area contributed by atoms with Gasteiger partial charge >= 0.3 is 0 Å². The molecule has 158 valence electrons. The maximum absolute atomic E-state index is 5.45. The number of thiophene rings is 1. The van der Waals surface area contributed by atoms with Gasteiger partial charge in [0.1, 0.15) is 0 Å². The summed E-state index contributed by atoms with van der Waals surface area (Å²) in [5, 5.41) is 8.98.